The second-order valence-corrected chi connectivity index (χ2v) is 11.9. The van der Waals surface area contributed by atoms with Crippen LogP contribution in [0.4, 0.5) is 0 Å². The molecule has 1 aliphatic heterocycles. The van der Waals surface area contributed by atoms with Crippen LogP contribution < -0.4 is 37.6 Å². The average molecular weight is 650 g/mol. The molecular weight excluding hydrogens is 602 g/mol. The van der Waals surface area contributed by atoms with E-state index in [1.54, 1.807) is 20.8 Å². The number of nitrogens with zero attached hydrogens (tertiary/aromatic N) is 1. The first kappa shape index (κ1) is 37.6. The number of carboxylic acid groups (broad SMARTS) is 1. The van der Waals surface area contributed by atoms with Gasteiger partial charge in [0.2, 0.25) is 35.4 Å². The monoisotopic (exact) mass is 649 g/mol. The summed E-state index contributed by atoms with van der Waals surface area (Å²) in [5, 5.41) is 24.7. The number of nitrogens with two attached hydrogens (primary N) is 1. The van der Waals surface area contributed by atoms with Crippen LogP contribution in [0, 0.1) is 11.8 Å². The summed E-state index contributed by atoms with van der Waals surface area (Å²) < 4.78 is 0. The van der Waals surface area contributed by atoms with Gasteiger partial charge in [-0.2, -0.15) is 0 Å². The van der Waals surface area contributed by atoms with Crippen molar-refractivity contribution in [1.29, 1.82) is 0 Å². The lowest BCUT2D eigenvalue weighted by Crippen LogP contribution is -2.60. The summed E-state index contributed by atoms with van der Waals surface area (Å²) in [5.41, 5.74) is 5.88. The Morgan fingerprint density at radius 3 is 2.15 bits per heavy atom. The third-order valence-corrected chi connectivity index (χ3v) is 7.57. The Morgan fingerprint density at radius 1 is 0.957 bits per heavy atom. The molecule has 10 N–H and O–H groups in total. The van der Waals surface area contributed by atoms with E-state index in [2.05, 4.69) is 41.9 Å². The second kappa shape index (κ2) is 18.4. The zero-order valence-electron chi connectivity index (χ0n) is 26.7. The topological polar surface area (TPSA) is 267 Å². The zero-order valence-corrected chi connectivity index (χ0v) is 26.7. The van der Waals surface area contributed by atoms with Gasteiger partial charge in [-0.15, -0.1) is 0 Å². The van der Waals surface area contributed by atoms with Crippen molar-refractivity contribution in [2.24, 2.45) is 17.6 Å². The number of carboxylic acids is 1. The third-order valence-electron chi connectivity index (χ3n) is 7.57. The van der Waals surface area contributed by atoms with Crippen LogP contribution >= 0.6 is 0 Å². The van der Waals surface area contributed by atoms with E-state index in [0.29, 0.717) is 25.1 Å². The molecule has 0 aromatic carbocycles. The van der Waals surface area contributed by atoms with Crippen molar-refractivity contribution < 1.29 is 38.7 Å². The molecular formula is C29H47N9O8. The molecule has 1 saturated heterocycles. The molecule has 1 aromatic heterocycles. The molecule has 6 atom stereocenters. The first-order chi connectivity index (χ1) is 21.7. The Bertz CT molecular complexity index is 1220. The Kier molecular flexibility index (Phi) is 15.1. The molecule has 2 heterocycles. The molecule has 1 fully saturated rings. The number of carbonyl (C=O) groups is 7. The van der Waals surface area contributed by atoms with Crippen LogP contribution in [0.3, 0.4) is 0 Å². The van der Waals surface area contributed by atoms with E-state index in [1.807, 2.05) is 6.92 Å². The summed E-state index contributed by atoms with van der Waals surface area (Å²) >= 11 is 0. The highest BCUT2D eigenvalue weighted by Crippen LogP contribution is 2.12. The summed E-state index contributed by atoms with van der Waals surface area (Å²) in [4.78, 5) is 95.6. The molecule has 2 rings (SSSR count). The number of carbonyl (C=O) groups excluding carboxylic acids is 6. The van der Waals surface area contributed by atoms with Crippen LogP contribution in [0.1, 0.15) is 65.5 Å². The van der Waals surface area contributed by atoms with Crippen LogP contribution in [0.25, 0.3) is 0 Å². The molecule has 17 nitrogen and oxygen atoms in total. The molecule has 46 heavy (non-hydrogen) atoms. The Hall–Kier alpha value is -4.54. The van der Waals surface area contributed by atoms with E-state index in [-0.39, 0.29) is 30.6 Å². The van der Waals surface area contributed by atoms with Gasteiger partial charge >= 0.3 is 5.97 Å². The fourth-order valence-electron chi connectivity index (χ4n) is 4.90. The molecule has 1 aliphatic rings. The van der Waals surface area contributed by atoms with Gasteiger partial charge in [0.15, 0.2) is 0 Å². The van der Waals surface area contributed by atoms with Crippen molar-refractivity contribution in [1.82, 2.24) is 41.9 Å². The molecule has 0 aliphatic carbocycles. The highest BCUT2D eigenvalue weighted by Gasteiger charge is 2.35. The van der Waals surface area contributed by atoms with Crippen molar-refractivity contribution >= 4 is 41.4 Å². The summed E-state index contributed by atoms with van der Waals surface area (Å²) in [6, 6.07) is -5.36. The molecule has 0 saturated carbocycles. The lowest BCUT2D eigenvalue weighted by atomic mass is 9.97. The highest BCUT2D eigenvalue weighted by molar-refractivity contribution is 5.97. The van der Waals surface area contributed by atoms with Crippen molar-refractivity contribution in [2.45, 2.75) is 96.4 Å². The second-order valence-electron chi connectivity index (χ2n) is 11.9. The van der Waals surface area contributed by atoms with Crippen LogP contribution in [-0.4, -0.2) is 99.8 Å². The van der Waals surface area contributed by atoms with E-state index >= 15 is 0 Å². The SMILES string of the molecule is CC[C@H](C)[C@H](NC(=O)[C@@H]1CCCN1)C(=O)N[C@@H](CC(N)=O)C(=O)N[C@@H](CC(C)C)C(=O)N[C@@H](Cc1cnc[nH]1)C(=O)NCC(=O)O. The van der Waals surface area contributed by atoms with Crippen molar-refractivity contribution in [3.63, 3.8) is 0 Å². The first-order valence-electron chi connectivity index (χ1n) is 15.4. The van der Waals surface area contributed by atoms with E-state index in [0.717, 1.165) is 6.42 Å². The maximum Gasteiger partial charge on any atom is 0.322 e. The summed E-state index contributed by atoms with van der Waals surface area (Å²) in [5.74, 6) is -6.05. The largest absolute Gasteiger partial charge is 0.480 e. The zero-order chi connectivity index (χ0) is 34.4. The minimum atomic E-state index is -1.47. The van der Waals surface area contributed by atoms with Gasteiger partial charge in [0, 0.05) is 18.3 Å². The maximum atomic E-state index is 13.5. The molecule has 0 bridgehead atoms. The quantitative estimate of drug-likeness (QED) is 0.0781. The van der Waals surface area contributed by atoms with Crippen LogP contribution in [-0.2, 0) is 40.0 Å². The van der Waals surface area contributed by atoms with E-state index in [9.17, 15) is 33.6 Å². The number of hydrogen-bond acceptors (Lipinski definition) is 9. The molecule has 6 amide bonds. The van der Waals surface area contributed by atoms with Gasteiger partial charge in [0.1, 0.15) is 30.7 Å². The molecule has 1 aromatic rings. The number of aromatic nitrogens is 2. The number of amides is 6. The molecule has 0 radical (unpaired) electrons. The van der Waals surface area contributed by atoms with Gasteiger partial charge < -0.3 is 47.7 Å². The fraction of sp³-hybridized carbons (Fsp3) is 0.655. The number of primary amides is 1. The minimum Gasteiger partial charge on any atom is -0.480 e. The standard InChI is InChI=1S/C29H47N9O8/c1-5-16(4)24(38-26(43)18-7-6-8-32-18)29(46)37-21(11-22(30)39)28(45)35-19(9-15(2)3)27(44)36-20(10-17-12-31-14-34-17)25(42)33-13-23(40)41/h12,14-16,18-21,24,32H,5-11,13H2,1-4H3,(H2,30,39)(H,31,34)(H,33,42)(H,35,45)(H,36,44)(H,37,46)(H,38,43)(H,40,41)/t16-,18-,19-,20-,21-,24-/m0/s1. The van der Waals surface area contributed by atoms with Crippen molar-refractivity contribution in [2.75, 3.05) is 13.1 Å². The van der Waals surface area contributed by atoms with Gasteiger partial charge in [-0.25, -0.2) is 4.98 Å². The molecule has 256 valence electrons. The summed E-state index contributed by atoms with van der Waals surface area (Å²) in [6.45, 7) is 7.22. The van der Waals surface area contributed by atoms with Gasteiger partial charge in [-0.05, 0) is 37.6 Å². The van der Waals surface area contributed by atoms with E-state index in [1.165, 1.54) is 12.5 Å². The van der Waals surface area contributed by atoms with Crippen LogP contribution in [0.15, 0.2) is 12.5 Å². The Labute approximate surface area is 267 Å². The van der Waals surface area contributed by atoms with Gasteiger partial charge in [-0.1, -0.05) is 34.1 Å². The Balaban J connectivity index is 2.23. The maximum absolute atomic E-state index is 13.5. The number of aromatic amines is 1. The van der Waals surface area contributed by atoms with E-state index in [4.69, 9.17) is 10.8 Å². The number of nitrogens with one attached hydrogen (secondary N) is 7. The fourth-order valence-corrected chi connectivity index (χ4v) is 4.90. The molecule has 0 unspecified atom stereocenters. The highest BCUT2D eigenvalue weighted by atomic mass is 16.4. The van der Waals surface area contributed by atoms with Crippen LogP contribution in [0.2, 0.25) is 0 Å². The number of H-pyrrole nitrogens is 1. The minimum absolute atomic E-state index is 0.0566. The lowest BCUT2D eigenvalue weighted by Gasteiger charge is -2.28. The van der Waals surface area contributed by atoms with Crippen molar-refractivity contribution in [3.05, 3.63) is 18.2 Å². The van der Waals surface area contributed by atoms with Gasteiger partial charge in [0.05, 0.1) is 18.8 Å². The third kappa shape index (κ3) is 12.5. The number of imidazole rings is 1. The molecule has 17 heteroatoms. The van der Waals surface area contributed by atoms with Crippen molar-refractivity contribution in [3.8, 4) is 0 Å². The summed E-state index contributed by atoms with van der Waals surface area (Å²) in [6.07, 6.45) is 4.26. The smallest absolute Gasteiger partial charge is 0.322 e. The average Bonchev–Trinajstić information content (AvgIpc) is 3.71. The predicted molar refractivity (Wildman–Crippen MR) is 164 cm³/mol. The predicted octanol–water partition coefficient (Wildman–Crippen LogP) is -2.19. The lowest BCUT2D eigenvalue weighted by molar-refractivity contribution is -0.138. The number of aliphatic carboxylic acids is 1. The van der Waals surface area contributed by atoms with Gasteiger partial charge in [-0.3, -0.25) is 33.6 Å². The first-order valence-corrected chi connectivity index (χ1v) is 15.4. The van der Waals surface area contributed by atoms with Gasteiger partial charge in [0.25, 0.3) is 0 Å². The molecule has 0 spiro atoms. The summed E-state index contributed by atoms with van der Waals surface area (Å²) in [7, 11) is 0. The normalized spacial score (nSPS) is 17.5. The van der Waals surface area contributed by atoms with E-state index < -0.39 is 78.7 Å². The Morgan fingerprint density at radius 2 is 1.61 bits per heavy atom. The number of hydrogen-bond donors (Lipinski definition) is 9. The van der Waals surface area contributed by atoms with Crippen LogP contribution in [0.5, 0.6) is 0 Å². The number of rotatable bonds is 19.